The van der Waals surface area contributed by atoms with E-state index in [4.69, 9.17) is 9.72 Å². The average Bonchev–Trinajstić information content (AvgIpc) is 3.55. The van der Waals surface area contributed by atoms with Crippen molar-refractivity contribution in [2.45, 2.75) is 19.3 Å². The van der Waals surface area contributed by atoms with Crippen LogP contribution in [0.4, 0.5) is 10.1 Å². The molecule has 1 amide bonds. The monoisotopic (exact) mass is 532 g/mol. The number of hydrogen-bond donors (Lipinski definition) is 3. The fraction of sp³-hybridized carbons (Fsp3) is 0.161. The Bertz CT molecular complexity index is 1910. The van der Waals surface area contributed by atoms with E-state index in [2.05, 4.69) is 25.5 Å². The number of H-pyrrole nitrogens is 2. The van der Waals surface area contributed by atoms with E-state index in [0.717, 1.165) is 58.1 Å². The number of nitrogens with one attached hydrogen (secondary N) is 3. The van der Waals surface area contributed by atoms with Crippen molar-refractivity contribution < 1.29 is 13.9 Å². The maximum absolute atomic E-state index is 14.3. The lowest BCUT2D eigenvalue weighted by Crippen LogP contribution is -2.28. The van der Waals surface area contributed by atoms with Gasteiger partial charge in [0.2, 0.25) is 5.91 Å². The smallest absolute Gasteiger partial charge is 0.227 e. The second kappa shape index (κ2) is 9.60. The number of halogens is 1. The summed E-state index contributed by atoms with van der Waals surface area (Å²) < 4.78 is 19.6. The van der Waals surface area contributed by atoms with E-state index in [9.17, 15) is 9.18 Å². The highest BCUT2D eigenvalue weighted by atomic mass is 19.1. The molecule has 0 atom stereocenters. The number of anilines is 1. The van der Waals surface area contributed by atoms with Gasteiger partial charge in [0.15, 0.2) is 0 Å². The van der Waals surface area contributed by atoms with Gasteiger partial charge in [-0.25, -0.2) is 9.37 Å². The number of ether oxygens (including phenoxy) is 1. The van der Waals surface area contributed by atoms with Crippen molar-refractivity contribution in [2.75, 3.05) is 12.4 Å². The molecular weight excluding hydrogens is 507 g/mol. The lowest BCUT2D eigenvalue weighted by molar-refractivity contribution is -0.122. The normalized spacial score (nSPS) is 13.4. The molecule has 8 nitrogen and oxygen atoms in total. The van der Waals surface area contributed by atoms with Gasteiger partial charge in [-0.3, -0.25) is 14.9 Å². The minimum Gasteiger partial charge on any atom is -0.497 e. The fourth-order valence-corrected chi connectivity index (χ4v) is 5.18. The Morgan fingerprint density at radius 1 is 1.02 bits per heavy atom. The van der Waals surface area contributed by atoms with E-state index in [1.807, 2.05) is 48.5 Å². The van der Waals surface area contributed by atoms with Gasteiger partial charge in [0, 0.05) is 34.6 Å². The van der Waals surface area contributed by atoms with Crippen molar-refractivity contribution in [3.8, 4) is 39.5 Å². The maximum Gasteiger partial charge on any atom is 0.227 e. The molecule has 2 aromatic carbocycles. The minimum atomic E-state index is -0.363. The molecule has 0 unspecified atom stereocenters. The van der Waals surface area contributed by atoms with Crippen LogP contribution in [0.2, 0.25) is 0 Å². The van der Waals surface area contributed by atoms with Crippen LogP contribution in [0.25, 0.3) is 55.7 Å². The Kier molecular flexibility index (Phi) is 5.77. The molecule has 0 aliphatic heterocycles. The first-order valence-electron chi connectivity index (χ1n) is 13.1. The Labute approximate surface area is 228 Å². The maximum atomic E-state index is 14.3. The summed E-state index contributed by atoms with van der Waals surface area (Å²) in [7, 11) is 1.52. The number of aromatic nitrogens is 5. The summed E-state index contributed by atoms with van der Waals surface area (Å²) in [4.78, 5) is 25.1. The number of carbonyl (C=O) groups is 1. The molecule has 0 radical (unpaired) electrons. The molecule has 198 valence electrons. The number of aromatic amines is 2. The SMILES string of the molecule is COc1cc(F)cc(-c2cccc3[nH]c(-c4n[nH]c5ccc(-c6cncc(NC(=O)C7CCC7)c6)nc45)cc23)c1. The molecule has 0 bridgehead atoms. The molecular formula is C31H25FN6O2. The van der Waals surface area contributed by atoms with E-state index in [1.165, 1.54) is 19.2 Å². The van der Waals surface area contributed by atoms with Gasteiger partial charge in [-0.05, 0) is 66.4 Å². The van der Waals surface area contributed by atoms with E-state index in [1.54, 1.807) is 12.4 Å². The summed E-state index contributed by atoms with van der Waals surface area (Å²) in [5.41, 5.74) is 7.57. The second-order valence-corrected chi connectivity index (χ2v) is 10.1. The first-order valence-corrected chi connectivity index (χ1v) is 13.1. The molecule has 1 fully saturated rings. The zero-order valence-electron chi connectivity index (χ0n) is 21.7. The molecule has 1 aliphatic rings. The highest BCUT2D eigenvalue weighted by molar-refractivity contribution is 6.00. The number of methoxy groups -OCH3 is 1. The number of nitrogens with zero attached hydrogens (tertiary/aromatic N) is 3. The van der Waals surface area contributed by atoms with Gasteiger partial charge in [-0.2, -0.15) is 5.10 Å². The summed E-state index contributed by atoms with van der Waals surface area (Å²) in [5.74, 6) is 0.226. The topological polar surface area (TPSA) is 109 Å². The first-order chi connectivity index (χ1) is 19.6. The largest absolute Gasteiger partial charge is 0.497 e. The number of rotatable bonds is 6. The number of hydrogen-bond acceptors (Lipinski definition) is 5. The van der Waals surface area contributed by atoms with Gasteiger partial charge in [0.1, 0.15) is 22.8 Å². The Hall–Kier alpha value is -5.05. The zero-order chi connectivity index (χ0) is 27.2. The van der Waals surface area contributed by atoms with Crippen LogP contribution in [0.15, 0.2) is 73.1 Å². The predicted molar refractivity (Wildman–Crippen MR) is 152 cm³/mol. The Morgan fingerprint density at radius 3 is 2.75 bits per heavy atom. The zero-order valence-corrected chi connectivity index (χ0v) is 21.7. The molecule has 1 aliphatic carbocycles. The van der Waals surface area contributed by atoms with Crippen molar-refractivity contribution in [1.29, 1.82) is 0 Å². The minimum absolute atomic E-state index is 0.0422. The van der Waals surface area contributed by atoms with Crippen molar-refractivity contribution in [3.63, 3.8) is 0 Å². The molecule has 3 N–H and O–H groups in total. The molecule has 1 saturated carbocycles. The summed E-state index contributed by atoms with van der Waals surface area (Å²) in [6, 6.07) is 18.3. The van der Waals surface area contributed by atoms with Gasteiger partial charge in [0.05, 0.1) is 35.9 Å². The Balaban J connectivity index is 1.26. The van der Waals surface area contributed by atoms with E-state index < -0.39 is 0 Å². The highest BCUT2D eigenvalue weighted by Gasteiger charge is 2.25. The van der Waals surface area contributed by atoms with Crippen LogP contribution in [0.1, 0.15) is 19.3 Å². The van der Waals surface area contributed by atoms with Crippen LogP contribution < -0.4 is 10.1 Å². The number of amides is 1. The van der Waals surface area contributed by atoms with Crippen LogP contribution in [-0.4, -0.2) is 38.2 Å². The average molecular weight is 533 g/mol. The van der Waals surface area contributed by atoms with Crippen LogP contribution in [-0.2, 0) is 4.79 Å². The lowest BCUT2D eigenvalue weighted by Gasteiger charge is -2.24. The number of benzene rings is 2. The van der Waals surface area contributed by atoms with Crippen LogP contribution in [0.5, 0.6) is 5.75 Å². The molecule has 40 heavy (non-hydrogen) atoms. The molecule has 4 heterocycles. The molecule has 6 aromatic rings. The summed E-state index contributed by atoms with van der Waals surface area (Å²) in [6.45, 7) is 0. The first kappa shape index (κ1) is 24.0. The number of carbonyl (C=O) groups excluding carboxylic acids is 1. The predicted octanol–water partition coefficient (Wildman–Crippen LogP) is 6.72. The van der Waals surface area contributed by atoms with Gasteiger partial charge < -0.3 is 15.0 Å². The number of pyridine rings is 2. The van der Waals surface area contributed by atoms with Crippen LogP contribution in [0.3, 0.4) is 0 Å². The molecule has 0 spiro atoms. The third-order valence-corrected chi connectivity index (χ3v) is 7.52. The molecule has 7 rings (SSSR count). The van der Waals surface area contributed by atoms with Crippen LogP contribution >= 0.6 is 0 Å². The van der Waals surface area contributed by atoms with Crippen LogP contribution in [0, 0.1) is 11.7 Å². The van der Waals surface area contributed by atoms with Crippen molar-refractivity contribution >= 4 is 33.5 Å². The third-order valence-electron chi connectivity index (χ3n) is 7.52. The summed E-state index contributed by atoms with van der Waals surface area (Å²) >= 11 is 0. The van der Waals surface area contributed by atoms with Gasteiger partial charge in [0.25, 0.3) is 0 Å². The van der Waals surface area contributed by atoms with Crippen molar-refractivity contribution in [2.24, 2.45) is 5.92 Å². The van der Waals surface area contributed by atoms with E-state index in [0.29, 0.717) is 28.3 Å². The van der Waals surface area contributed by atoms with Crippen molar-refractivity contribution in [1.82, 2.24) is 25.1 Å². The van der Waals surface area contributed by atoms with Gasteiger partial charge in [-0.15, -0.1) is 0 Å². The molecule has 9 heteroatoms. The third kappa shape index (κ3) is 4.25. The summed E-state index contributed by atoms with van der Waals surface area (Å²) in [5, 5.41) is 11.5. The second-order valence-electron chi connectivity index (χ2n) is 10.1. The Morgan fingerprint density at radius 2 is 1.93 bits per heavy atom. The quantitative estimate of drug-likeness (QED) is 0.221. The van der Waals surface area contributed by atoms with E-state index >= 15 is 0 Å². The number of fused-ring (bicyclic) bond motifs is 2. The standard InChI is InChI=1S/C31H25FN6O2/c1-40-22-12-18(10-20(32)13-22)23-6-3-7-26-24(23)14-28(35-26)30-29-27(37-38-30)9-8-25(36-29)19-11-21(16-33-15-19)34-31(39)17-4-2-5-17/h3,6-17,35H,2,4-5H2,1H3,(H,34,39)(H,37,38). The lowest BCUT2D eigenvalue weighted by atomic mass is 9.85. The van der Waals surface area contributed by atoms with E-state index in [-0.39, 0.29) is 17.6 Å². The highest BCUT2D eigenvalue weighted by Crippen LogP contribution is 2.36. The molecule has 4 aromatic heterocycles. The summed E-state index contributed by atoms with van der Waals surface area (Å²) in [6.07, 6.45) is 6.36. The fourth-order valence-electron chi connectivity index (χ4n) is 5.18. The van der Waals surface area contributed by atoms with Gasteiger partial charge >= 0.3 is 0 Å². The van der Waals surface area contributed by atoms with Crippen molar-refractivity contribution in [3.05, 3.63) is 78.9 Å². The molecule has 0 saturated heterocycles. The van der Waals surface area contributed by atoms with Gasteiger partial charge in [-0.1, -0.05) is 18.6 Å².